The lowest BCUT2D eigenvalue weighted by molar-refractivity contribution is 0.729. The molecular weight excluding hydrogens is 96.1 g/mol. The van der Waals surface area contributed by atoms with Gasteiger partial charge in [-0.25, -0.2) is 0 Å². The second-order valence-electron chi connectivity index (χ2n) is 2.78. The molecular formula is C8H10. The normalized spacial score (nSPS) is 32.9. The smallest absolute Gasteiger partial charge is 0.0152 e. The van der Waals surface area contributed by atoms with E-state index in [0.29, 0.717) is 0 Å². The minimum Gasteiger partial charge on any atom is -0.0804 e. The third kappa shape index (κ3) is 0.405. The first-order chi connectivity index (χ1) is 3.86. The van der Waals surface area contributed by atoms with Gasteiger partial charge >= 0.3 is 0 Å². The van der Waals surface area contributed by atoms with Crippen LogP contribution in [0, 0.1) is 5.92 Å². The van der Waals surface area contributed by atoms with Gasteiger partial charge in [0.1, 0.15) is 0 Å². The molecule has 0 nitrogen and oxygen atoms in total. The highest BCUT2D eigenvalue weighted by molar-refractivity contribution is 5.40. The van der Waals surface area contributed by atoms with E-state index in [-0.39, 0.29) is 0 Å². The van der Waals surface area contributed by atoms with Crippen molar-refractivity contribution in [1.29, 1.82) is 0 Å². The minimum atomic E-state index is 0.894. The Kier molecular flexibility index (Phi) is 0.682. The molecule has 8 heavy (non-hydrogen) atoms. The van der Waals surface area contributed by atoms with Crippen molar-refractivity contribution in [3.8, 4) is 0 Å². The molecule has 2 aliphatic carbocycles. The van der Waals surface area contributed by atoms with Gasteiger partial charge in [0.15, 0.2) is 0 Å². The molecule has 0 aromatic rings. The van der Waals surface area contributed by atoms with Crippen molar-refractivity contribution in [3.63, 3.8) is 0 Å². The van der Waals surface area contributed by atoms with Gasteiger partial charge in [-0.2, -0.15) is 0 Å². The van der Waals surface area contributed by atoms with E-state index in [1.807, 2.05) is 0 Å². The fraction of sp³-hybridized carbons (Fsp3) is 0.500. The summed E-state index contributed by atoms with van der Waals surface area (Å²) >= 11 is 0. The lowest BCUT2D eigenvalue weighted by Crippen LogP contribution is -1.82. The SMILES string of the molecule is CC1=CC2CC=C1C2. The van der Waals surface area contributed by atoms with Crippen molar-refractivity contribution in [2.75, 3.05) is 0 Å². The molecule has 2 aliphatic rings. The van der Waals surface area contributed by atoms with E-state index in [4.69, 9.17) is 0 Å². The van der Waals surface area contributed by atoms with Crippen LogP contribution in [0.15, 0.2) is 23.3 Å². The Morgan fingerprint density at radius 3 is 2.75 bits per heavy atom. The Morgan fingerprint density at radius 1 is 1.62 bits per heavy atom. The average Bonchev–Trinajstić information content (AvgIpc) is 2.23. The van der Waals surface area contributed by atoms with Gasteiger partial charge in [-0.15, -0.1) is 0 Å². The second kappa shape index (κ2) is 1.25. The van der Waals surface area contributed by atoms with E-state index >= 15 is 0 Å². The van der Waals surface area contributed by atoms with Gasteiger partial charge in [0.2, 0.25) is 0 Å². The van der Waals surface area contributed by atoms with E-state index in [1.165, 1.54) is 18.4 Å². The molecule has 0 radical (unpaired) electrons. The van der Waals surface area contributed by atoms with Crippen LogP contribution in [0.2, 0.25) is 0 Å². The molecule has 1 unspecified atom stereocenters. The quantitative estimate of drug-likeness (QED) is 0.444. The zero-order valence-corrected chi connectivity index (χ0v) is 5.15. The van der Waals surface area contributed by atoms with Crippen LogP contribution in [0.25, 0.3) is 0 Å². The lowest BCUT2D eigenvalue weighted by atomic mass is 10.1. The van der Waals surface area contributed by atoms with Crippen molar-refractivity contribution in [3.05, 3.63) is 23.3 Å². The Bertz CT molecular complexity index is 172. The van der Waals surface area contributed by atoms with Crippen molar-refractivity contribution >= 4 is 0 Å². The van der Waals surface area contributed by atoms with Gasteiger partial charge in [-0.1, -0.05) is 17.7 Å². The Labute approximate surface area is 49.9 Å². The molecule has 1 atom stereocenters. The summed E-state index contributed by atoms with van der Waals surface area (Å²) in [6, 6.07) is 0. The molecule has 2 bridgehead atoms. The van der Waals surface area contributed by atoms with E-state index < -0.39 is 0 Å². The van der Waals surface area contributed by atoms with Crippen LogP contribution in [-0.4, -0.2) is 0 Å². The highest BCUT2D eigenvalue weighted by atomic mass is 14.3. The third-order valence-corrected chi connectivity index (χ3v) is 2.14. The first-order valence-electron chi connectivity index (χ1n) is 3.24. The van der Waals surface area contributed by atoms with Crippen LogP contribution in [0.5, 0.6) is 0 Å². The molecule has 0 aromatic heterocycles. The molecule has 0 aliphatic heterocycles. The van der Waals surface area contributed by atoms with Crippen molar-refractivity contribution < 1.29 is 0 Å². The van der Waals surface area contributed by atoms with Crippen molar-refractivity contribution in [1.82, 2.24) is 0 Å². The first-order valence-corrected chi connectivity index (χ1v) is 3.24. The van der Waals surface area contributed by atoms with Crippen molar-refractivity contribution in [2.24, 2.45) is 5.92 Å². The van der Waals surface area contributed by atoms with E-state index in [9.17, 15) is 0 Å². The van der Waals surface area contributed by atoms with Gasteiger partial charge in [0.25, 0.3) is 0 Å². The summed E-state index contributed by atoms with van der Waals surface area (Å²) in [6.45, 7) is 2.21. The summed E-state index contributed by atoms with van der Waals surface area (Å²) in [5, 5.41) is 0. The minimum absolute atomic E-state index is 0.894. The van der Waals surface area contributed by atoms with Crippen LogP contribution in [0.3, 0.4) is 0 Å². The molecule has 0 amide bonds. The summed E-state index contributed by atoms with van der Waals surface area (Å²) < 4.78 is 0. The molecule has 0 fully saturated rings. The Morgan fingerprint density at radius 2 is 2.50 bits per heavy atom. The topological polar surface area (TPSA) is 0 Å². The highest BCUT2D eigenvalue weighted by Gasteiger charge is 2.21. The molecule has 0 heterocycles. The van der Waals surface area contributed by atoms with Crippen LogP contribution in [-0.2, 0) is 0 Å². The fourth-order valence-corrected chi connectivity index (χ4v) is 1.65. The molecule has 2 rings (SSSR count). The van der Waals surface area contributed by atoms with Crippen molar-refractivity contribution in [2.45, 2.75) is 19.8 Å². The maximum Gasteiger partial charge on any atom is -0.0152 e. The average molecular weight is 106 g/mol. The zero-order chi connectivity index (χ0) is 5.56. The van der Waals surface area contributed by atoms with Crippen LogP contribution in [0.4, 0.5) is 0 Å². The van der Waals surface area contributed by atoms with Crippen LogP contribution < -0.4 is 0 Å². The Hall–Kier alpha value is -0.520. The fourth-order valence-electron chi connectivity index (χ4n) is 1.65. The van der Waals surface area contributed by atoms with Gasteiger partial charge in [0.05, 0.1) is 0 Å². The lowest BCUT2D eigenvalue weighted by Gasteiger charge is -1.96. The number of rotatable bonds is 0. The first kappa shape index (κ1) is 4.37. The van der Waals surface area contributed by atoms with E-state index in [1.54, 1.807) is 5.57 Å². The number of fused-ring (bicyclic) bond motifs is 2. The number of hydrogen-bond acceptors (Lipinski definition) is 0. The monoisotopic (exact) mass is 106 g/mol. The maximum atomic E-state index is 2.40. The molecule has 0 saturated carbocycles. The summed E-state index contributed by atoms with van der Waals surface area (Å²) in [5.41, 5.74) is 3.14. The number of hydrogen-bond donors (Lipinski definition) is 0. The van der Waals surface area contributed by atoms with Gasteiger partial charge in [0, 0.05) is 0 Å². The predicted octanol–water partition coefficient (Wildman–Crippen LogP) is 2.28. The molecule has 0 heteroatoms. The van der Waals surface area contributed by atoms with Gasteiger partial charge < -0.3 is 0 Å². The van der Waals surface area contributed by atoms with E-state index in [0.717, 1.165) is 5.92 Å². The van der Waals surface area contributed by atoms with Gasteiger partial charge in [-0.05, 0) is 31.3 Å². The van der Waals surface area contributed by atoms with Crippen LogP contribution >= 0.6 is 0 Å². The zero-order valence-electron chi connectivity index (χ0n) is 5.15. The van der Waals surface area contributed by atoms with Crippen LogP contribution in [0.1, 0.15) is 19.8 Å². The summed E-state index contributed by atoms with van der Waals surface area (Å²) in [5.74, 6) is 0.894. The molecule has 42 valence electrons. The maximum absolute atomic E-state index is 2.40. The second-order valence-corrected chi connectivity index (χ2v) is 2.78. The van der Waals surface area contributed by atoms with E-state index in [2.05, 4.69) is 19.1 Å². The molecule has 0 spiro atoms. The summed E-state index contributed by atoms with van der Waals surface area (Å²) in [6.07, 6.45) is 7.42. The Balaban J connectivity index is 2.43. The summed E-state index contributed by atoms with van der Waals surface area (Å²) in [7, 11) is 0. The van der Waals surface area contributed by atoms with Gasteiger partial charge in [-0.3, -0.25) is 0 Å². The third-order valence-electron chi connectivity index (χ3n) is 2.14. The predicted molar refractivity (Wildman–Crippen MR) is 34.6 cm³/mol. The summed E-state index contributed by atoms with van der Waals surface area (Å²) in [4.78, 5) is 0. The molecule has 0 aromatic carbocycles. The molecule has 0 N–H and O–H groups in total. The standard InChI is InChI=1S/C8H10/c1-6-4-7-2-3-8(6)5-7/h3-4,7H,2,5H2,1H3. The highest BCUT2D eigenvalue weighted by Crippen LogP contribution is 2.37. The molecule has 0 saturated heterocycles. The largest absolute Gasteiger partial charge is 0.0804 e. The number of allylic oxidation sites excluding steroid dienone is 4.